The number of carbonyl (C=O) groups excluding carboxylic acids is 1. The van der Waals surface area contributed by atoms with Crippen LogP contribution in [0.25, 0.3) is 0 Å². The highest BCUT2D eigenvalue weighted by atomic mass is 79.9. The van der Waals surface area contributed by atoms with Gasteiger partial charge in [-0.15, -0.1) is 10.2 Å². The molecule has 31 heavy (non-hydrogen) atoms. The number of aromatic nitrogens is 3. The normalized spacial score (nSPS) is 11.5. The summed E-state index contributed by atoms with van der Waals surface area (Å²) in [5.41, 5.74) is 2.63. The quantitative estimate of drug-likeness (QED) is 0.415. The van der Waals surface area contributed by atoms with Crippen LogP contribution in [0, 0.1) is 6.92 Å². The van der Waals surface area contributed by atoms with E-state index in [-0.39, 0.29) is 5.91 Å². The number of benzene rings is 2. The van der Waals surface area contributed by atoms with Crippen LogP contribution in [0.3, 0.4) is 0 Å². The maximum atomic E-state index is 12.5. The molecule has 0 saturated carbocycles. The lowest BCUT2D eigenvalue weighted by molar-refractivity contribution is 0.0929. The number of amides is 1. The molecule has 0 aliphatic heterocycles. The van der Waals surface area contributed by atoms with Gasteiger partial charge in [0.1, 0.15) is 11.9 Å². The second-order valence-electron chi connectivity index (χ2n) is 6.57. The first-order chi connectivity index (χ1) is 14.9. The van der Waals surface area contributed by atoms with E-state index in [4.69, 9.17) is 9.47 Å². The molecule has 2 aromatic carbocycles. The first-order valence-corrected chi connectivity index (χ1v) is 10.2. The Hall–Kier alpha value is -3.24. The van der Waals surface area contributed by atoms with Gasteiger partial charge in [0.2, 0.25) is 5.95 Å². The van der Waals surface area contributed by atoms with Crippen LogP contribution in [-0.2, 0) is 0 Å². The number of nitrogens with one attached hydrogen (secondary N) is 3. The van der Waals surface area contributed by atoms with Gasteiger partial charge in [-0.1, -0.05) is 22.0 Å². The van der Waals surface area contributed by atoms with Gasteiger partial charge in [-0.3, -0.25) is 10.1 Å². The first kappa shape index (κ1) is 22.4. The Morgan fingerprint density at radius 1 is 1.13 bits per heavy atom. The molecule has 0 aliphatic carbocycles. The molecule has 10 heteroatoms. The third-order valence-electron chi connectivity index (χ3n) is 4.45. The molecule has 9 nitrogen and oxygen atoms in total. The number of anilines is 2. The fourth-order valence-electron chi connectivity index (χ4n) is 2.97. The van der Waals surface area contributed by atoms with Crippen LogP contribution in [0.5, 0.6) is 11.5 Å². The second-order valence-corrected chi connectivity index (χ2v) is 7.48. The molecule has 0 spiro atoms. The summed E-state index contributed by atoms with van der Waals surface area (Å²) in [6.45, 7) is 1.92. The first-order valence-electron chi connectivity index (χ1n) is 9.38. The van der Waals surface area contributed by atoms with E-state index < -0.39 is 6.17 Å². The van der Waals surface area contributed by atoms with Crippen LogP contribution in [0.15, 0.2) is 47.1 Å². The van der Waals surface area contributed by atoms with Crippen molar-refractivity contribution in [3.63, 3.8) is 0 Å². The molecule has 3 N–H and O–H groups in total. The molecule has 0 radical (unpaired) electrons. The van der Waals surface area contributed by atoms with Gasteiger partial charge >= 0.3 is 0 Å². The average molecular weight is 487 g/mol. The smallest absolute Gasteiger partial charge is 0.252 e. The number of methoxy groups -OCH3 is 2. The molecule has 3 rings (SSSR count). The van der Waals surface area contributed by atoms with Crippen molar-refractivity contribution in [1.29, 1.82) is 0 Å². The third-order valence-corrected chi connectivity index (χ3v) is 4.94. The van der Waals surface area contributed by atoms with Gasteiger partial charge in [0.15, 0.2) is 11.5 Å². The number of nitrogens with zero attached hydrogens (tertiary/aromatic N) is 3. The highest BCUT2D eigenvalue weighted by molar-refractivity contribution is 9.10. The fraction of sp³-hybridized carbons (Fsp3) is 0.238. The molecule has 1 aromatic heterocycles. The van der Waals surface area contributed by atoms with E-state index in [1.807, 2.05) is 19.1 Å². The average Bonchev–Trinajstić information content (AvgIpc) is 2.77. The topological polar surface area (TPSA) is 110 Å². The van der Waals surface area contributed by atoms with Crippen molar-refractivity contribution >= 4 is 33.5 Å². The Morgan fingerprint density at radius 3 is 2.55 bits per heavy atom. The molecule has 3 aromatic rings. The zero-order valence-electron chi connectivity index (χ0n) is 17.6. The maximum Gasteiger partial charge on any atom is 0.252 e. The van der Waals surface area contributed by atoms with E-state index in [0.717, 1.165) is 15.7 Å². The van der Waals surface area contributed by atoms with Crippen molar-refractivity contribution in [3.05, 3.63) is 63.9 Å². The Bertz CT molecular complexity index is 1060. The van der Waals surface area contributed by atoms with Crippen LogP contribution in [-0.4, -0.2) is 42.4 Å². The van der Waals surface area contributed by atoms with E-state index >= 15 is 0 Å². The van der Waals surface area contributed by atoms with Gasteiger partial charge in [-0.05, 0) is 43.8 Å². The zero-order chi connectivity index (χ0) is 22.4. The van der Waals surface area contributed by atoms with Gasteiger partial charge in [-0.25, -0.2) is 4.98 Å². The minimum atomic E-state index is -0.552. The van der Waals surface area contributed by atoms with Crippen molar-refractivity contribution < 1.29 is 14.3 Å². The monoisotopic (exact) mass is 486 g/mol. The molecule has 162 valence electrons. The number of aryl methyl sites for hydroxylation is 1. The third kappa shape index (κ3) is 5.47. The summed E-state index contributed by atoms with van der Waals surface area (Å²) in [7, 11) is 4.89. The minimum Gasteiger partial charge on any atom is -0.493 e. The Kier molecular flexibility index (Phi) is 7.37. The summed E-state index contributed by atoms with van der Waals surface area (Å²) >= 11 is 3.37. The fourth-order valence-corrected chi connectivity index (χ4v) is 3.37. The highest BCUT2D eigenvalue weighted by Gasteiger charge is 2.17. The van der Waals surface area contributed by atoms with Crippen LogP contribution >= 0.6 is 15.9 Å². The largest absolute Gasteiger partial charge is 0.493 e. The lowest BCUT2D eigenvalue weighted by Gasteiger charge is -2.17. The van der Waals surface area contributed by atoms with Crippen molar-refractivity contribution in [1.82, 2.24) is 25.8 Å². The summed E-state index contributed by atoms with van der Waals surface area (Å²) in [5.74, 6) is 1.33. The van der Waals surface area contributed by atoms with Crippen LogP contribution in [0.1, 0.15) is 27.8 Å². The van der Waals surface area contributed by atoms with Crippen molar-refractivity contribution in [2.75, 3.05) is 26.6 Å². The molecule has 1 unspecified atom stereocenters. The lowest BCUT2D eigenvalue weighted by Crippen LogP contribution is -2.37. The molecule has 0 fully saturated rings. The Morgan fingerprint density at radius 2 is 1.94 bits per heavy atom. The summed E-state index contributed by atoms with van der Waals surface area (Å²) in [6, 6.07) is 10.8. The summed E-state index contributed by atoms with van der Waals surface area (Å²) in [5, 5.41) is 17.3. The molecule has 0 aliphatic rings. The predicted molar refractivity (Wildman–Crippen MR) is 121 cm³/mol. The SMILES string of the molecule is CNC(NC(=O)c1cccc(Br)c1)c1cnc(Nc2cc(C)c(OC)c(OC)c2)nn1. The molecule has 0 saturated heterocycles. The number of hydrogen-bond acceptors (Lipinski definition) is 8. The molecule has 1 atom stereocenters. The minimum absolute atomic E-state index is 0.245. The lowest BCUT2D eigenvalue weighted by atomic mass is 10.2. The summed E-state index contributed by atoms with van der Waals surface area (Å²) in [4.78, 5) is 16.8. The van der Waals surface area contributed by atoms with E-state index in [0.29, 0.717) is 28.7 Å². The van der Waals surface area contributed by atoms with Crippen LogP contribution < -0.4 is 25.4 Å². The Labute approximate surface area is 188 Å². The van der Waals surface area contributed by atoms with E-state index in [2.05, 4.69) is 47.1 Å². The summed E-state index contributed by atoms with van der Waals surface area (Å²) < 4.78 is 11.5. The predicted octanol–water partition coefficient (Wildman–Crippen LogP) is 3.35. The van der Waals surface area contributed by atoms with E-state index in [1.54, 1.807) is 51.7 Å². The number of halogens is 1. The van der Waals surface area contributed by atoms with Gasteiger partial charge in [0.05, 0.1) is 20.4 Å². The van der Waals surface area contributed by atoms with Gasteiger partial charge < -0.3 is 20.1 Å². The maximum absolute atomic E-state index is 12.5. The summed E-state index contributed by atoms with van der Waals surface area (Å²) in [6.07, 6.45) is 0.995. The van der Waals surface area contributed by atoms with Crippen molar-refractivity contribution in [2.45, 2.75) is 13.1 Å². The zero-order valence-corrected chi connectivity index (χ0v) is 19.1. The van der Waals surface area contributed by atoms with Gasteiger partial charge in [-0.2, -0.15) is 0 Å². The molecular formula is C21H23BrN6O3. The molecule has 1 amide bonds. The van der Waals surface area contributed by atoms with E-state index in [9.17, 15) is 4.79 Å². The number of hydrogen-bond donors (Lipinski definition) is 3. The molecule has 1 heterocycles. The standard InChI is InChI=1S/C21H23BrN6O3/c1-12-8-15(10-17(30-3)18(12)31-4)25-21-24-11-16(27-28-21)19(23-2)26-20(29)13-6-5-7-14(22)9-13/h5-11,19,23H,1-4H3,(H,26,29)(H,24,25,28). The second kappa shape index (κ2) is 10.2. The number of carbonyl (C=O) groups is 1. The van der Waals surface area contributed by atoms with Gasteiger partial charge in [0, 0.05) is 21.8 Å². The van der Waals surface area contributed by atoms with Gasteiger partial charge in [0.25, 0.3) is 5.91 Å². The van der Waals surface area contributed by atoms with Crippen molar-refractivity contribution in [2.24, 2.45) is 0 Å². The number of rotatable bonds is 8. The van der Waals surface area contributed by atoms with E-state index in [1.165, 1.54) is 0 Å². The molecular weight excluding hydrogens is 464 g/mol. The molecule has 0 bridgehead atoms. The highest BCUT2D eigenvalue weighted by Crippen LogP contribution is 2.34. The Balaban J connectivity index is 1.73. The van der Waals surface area contributed by atoms with Crippen molar-refractivity contribution in [3.8, 4) is 11.5 Å². The number of ether oxygens (including phenoxy) is 2. The van der Waals surface area contributed by atoms with Crippen LogP contribution in [0.4, 0.5) is 11.6 Å². The van der Waals surface area contributed by atoms with Crippen LogP contribution in [0.2, 0.25) is 0 Å².